The molecule has 1 aromatic rings. The second-order valence-corrected chi connectivity index (χ2v) is 3.09. The second kappa shape index (κ2) is 5.71. The number of carbonyl (C=O) groups is 1. The zero-order valence-corrected chi connectivity index (χ0v) is 9.24. The molecule has 0 aliphatic carbocycles. The lowest BCUT2D eigenvalue weighted by Gasteiger charge is -2.04. The molecule has 0 spiro atoms. The number of aromatic carboxylic acids is 1. The van der Waals surface area contributed by atoms with Crippen LogP contribution in [0.5, 0.6) is 0 Å². The van der Waals surface area contributed by atoms with Crippen LogP contribution in [0, 0.1) is 18.8 Å². The second-order valence-electron chi connectivity index (χ2n) is 3.09. The molecular formula is C11H13N3O2. The molecule has 5 nitrogen and oxygen atoms in total. The monoisotopic (exact) mass is 219 g/mol. The van der Waals surface area contributed by atoms with Gasteiger partial charge in [-0.25, -0.2) is 14.8 Å². The Bertz CT molecular complexity index is 446. The molecule has 0 saturated carbocycles. The van der Waals surface area contributed by atoms with Gasteiger partial charge in [0, 0.05) is 19.0 Å². The summed E-state index contributed by atoms with van der Waals surface area (Å²) in [5.41, 5.74) is -0.00317. The number of carboxylic acid groups (broad SMARTS) is 1. The molecule has 1 heterocycles. The standard InChI is InChI=1S/C11H13N3O2/c1-3-4-5-6-12-10-7-9(11(15)16)13-8(2)14-10/h7H,5-6H2,1-2H3,(H,15,16)(H,12,13,14). The molecule has 0 saturated heterocycles. The number of anilines is 1. The van der Waals surface area contributed by atoms with Gasteiger partial charge in [-0.05, 0) is 13.8 Å². The first kappa shape index (κ1) is 12.0. The summed E-state index contributed by atoms with van der Waals surface area (Å²) >= 11 is 0. The van der Waals surface area contributed by atoms with Crippen LogP contribution in [0.2, 0.25) is 0 Å². The smallest absolute Gasteiger partial charge is 0.354 e. The predicted molar refractivity (Wildman–Crippen MR) is 60.3 cm³/mol. The van der Waals surface area contributed by atoms with Crippen molar-refractivity contribution in [3.63, 3.8) is 0 Å². The molecule has 0 radical (unpaired) electrons. The van der Waals surface area contributed by atoms with Gasteiger partial charge in [0.05, 0.1) is 0 Å². The van der Waals surface area contributed by atoms with Gasteiger partial charge in [-0.3, -0.25) is 0 Å². The summed E-state index contributed by atoms with van der Waals surface area (Å²) in [6.07, 6.45) is 0.696. The SMILES string of the molecule is CC#CCCNc1cc(C(=O)O)nc(C)n1. The van der Waals surface area contributed by atoms with Gasteiger partial charge in [0.2, 0.25) is 0 Å². The summed E-state index contributed by atoms with van der Waals surface area (Å²) in [6, 6.07) is 1.41. The van der Waals surface area contributed by atoms with E-state index in [1.54, 1.807) is 13.8 Å². The van der Waals surface area contributed by atoms with Crippen LogP contribution in [0.4, 0.5) is 5.82 Å². The van der Waals surface area contributed by atoms with Crippen molar-refractivity contribution in [2.75, 3.05) is 11.9 Å². The molecule has 16 heavy (non-hydrogen) atoms. The highest BCUT2D eigenvalue weighted by Gasteiger charge is 2.07. The first-order chi connectivity index (χ1) is 7.63. The lowest BCUT2D eigenvalue weighted by atomic mass is 10.3. The maximum Gasteiger partial charge on any atom is 0.354 e. The minimum absolute atomic E-state index is 0.00317. The van der Waals surface area contributed by atoms with Gasteiger partial charge < -0.3 is 10.4 Å². The lowest BCUT2D eigenvalue weighted by molar-refractivity contribution is 0.0690. The summed E-state index contributed by atoms with van der Waals surface area (Å²) in [5.74, 6) is 5.57. The van der Waals surface area contributed by atoms with Crippen LogP contribution >= 0.6 is 0 Å². The Morgan fingerprint density at radius 2 is 2.31 bits per heavy atom. The normalized spacial score (nSPS) is 9.12. The quantitative estimate of drug-likeness (QED) is 0.590. The largest absolute Gasteiger partial charge is 0.477 e. The maximum atomic E-state index is 10.7. The van der Waals surface area contributed by atoms with E-state index in [2.05, 4.69) is 27.1 Å². The number of rotatable bonds is 4. The zero-order valence-electron chi connectivity index (χ0n) is 9.24. The van der Waals surface area contributed by atoms with E-state index in [9.17, 15) is 4.79 Å². The van der Waals surface area contributed by atoms with Crippen molar-refractivity contribution in [3.8, 4) is 11.8 Å². The van der Waals surface area contributed by atoms with Crippen LogP contribution in [0.3, 0.4) is 0 Å². The molecule has 0 aliphatic rings. The van der Waals surface area contributed by atoms with E-state index in [-0.39, 0.29) is 5.69 Å². The van der Waals surface area contributed by atoms with Gasteiger partial charge in [-0.15, -0.1) is 11.8 Å². The summed E-state index contributed by atoms with van der Waals surface area (Å²) in [4.78, 5) is 18.6. The van der Waals surface area contributed by atoms with Crippen molar-refractivity contribution < 1.29 is 9.90 Å². The van der Waals surface area contributed by atoms with Crippen molar-refractivity contribution >= 4 is 11.8 Å². The van der Waals surface area contributed by atoms with Crippen LogP contribution < -0.4 is 5.32 Å². The number of carboxylic acids is 1. The Kier molecular flexibility index (Phi) is 4.28. The summed E-state index contributed by atoms with van der Waals surface area (Å²) < 4.78 is 0. The molecule has 5 heteroatoms. The molecule has 0 amide bonds. The number of hydrogen-bond acceptors (Lipinski definition) is 4. The molecule has 84 valence electrons. The van der Waals surface area contributed by atoms with Crippen LogP contribution in [-0.4, -0.2) is 27.6 Å². The summed E-state index contributed by atoms with van der Waals surface area (Å²) in [7, 11) is 0. The molecular weight excluding hydrogens is 206 g/mol. The first-order valence-electron chi connectivity index (χ1n) is 4.86. The fourth-order valence-corrected chi connectivity index (χ4v) is 1.15. The summed E-state index contributed by atoms with van der Waals surface area (Å²) in [6.45, 7) is 4.07. The van der Waals surface area contributed by atoms with Crippen molar-refractivity contribution in [3.05, 3.63) is 17.6 Å². The number of aryl methyl sites for hydroxylation is 1. The Labute approximate surface area is 93.9 Å². The first-order valence-corrected chi connectivity index (χ1v) is 4.86. The Hall–Kier alpha value is -2.09. The van der Waals surface area contributed by atoms with Gasteiger partial charge in [-0.1, -0.05) is 0 Å². The number of nitrogens with zero attached hydrogens (tertiary/aromatic N) is 2. The molecule has 0 fully saturated rings. The van der Waals surface area contributed by atoms with E-state index in [0.717, 1.165) is 0 Å². The fraction of sp³-hybridized carbons (Fsp3) is 0.364. The van der Waals surface area contributed by atoms with E-state index in [1.165, 1.54) is 6.07 Å². The van der Waals surface area contributed by atoms with Crippen molar-refractivity contribution in [2.24, 2.45) is 0 Å². The fourth-order valence-electron chi connectivity index (χ4n) is 1.15. The molecule has 0 aromatic carbocycles. The highest BCUT2D eigenvalue weighted by molar-refractivity contribution is 5.86. The molecule has 0 aliphatic heterocycles. The van der Waals surface area contributed by atoms with E-state index >= 15 is 0 Å². The Morgan fingerprint density at radius 3 is 2.94 bits per heavy atom. The zero-order chi connectivity index (χ0) is 12.0. The number of hydrogen-bond donors (Lipinski definition) is 2. The maximum absolute atomic E-state index is 10.7. The van der Waals surface area contributed by atoms with Gasteiger partial charge in [0.1, 0.15) is 11.6 Å². The average molecular weight is 219 g/mol. The van der Waals surface area contributed by atoms with Crippen LogP contribution in [0.1, 0.15) is 29.7 Å². The van der Waals surface area contributed by atoms with E-state index in [4.69, 9.17) is 5.11 Å². The Morgan fingerprint density at radius 1 is 1.56 bits per heavy atom. The van der Waals surface area contributed by atoms with Crippen molar-refractivity contribution in [1.29, 1.82) is 0 Å². The third kappa shape index (κ3) is 3.58. The van der Waals surface area contributed by atoms with Gasteiger partial charge in [0.15, 0.2) is 5.69 Å². The van der Waals surface area contributed by atoms with E-state index in [1.807, 2.05) is 0 Å². The highest BCUT2D eigenvalue weighted by Crippen LogP contribution is 2.06. The number of nitrogens with one attached hydrogen (secondary N) is 1. The van der Waals surface area contributed by atoms with E-state index in [0.29, 0.717) is 24.6 Å². The number of aromatic nitrogens is 2. The molecule has 2 N–H and O–H groups in total. The lowest BCUT2D eigenvalue weighted by Crippen LogP contribution is -2.08. The molecule has 0 atom stereocenters. The van der Waals surface area contributed by atoms with E-state index < -0.39 is 5.97 Å². The van der Waals surface area contributed by atoms with Gasteiger partial charge in [-0.2, -0.15) is 0 Å². The topological polar surface area (TPSA) is 75.1 Å². The minimum Gasteiger partial charge on any atom is -0.477 e. The van der Waals surface area contributed by atoms with Crippen LogP contribution in [-0.2, 0) is 0 Å². The predicted octanol–water partition coefficient (Wildman–Crippen LogP) is 1.31. The molecule has 1 aromatic heterocycles. The third-order valence-electron chi connectivity index (χ3n) is 1.79. The van der Waals surface area contributed by atoms with Crippen molar-refractivity contribution in [1.82, 2.24) is 9.97 Å². The minimum atomic E-state index is -1.05. The highest BCUT2D eigenvalue weighted by atomic mass is 16.4. The van der Waals surface area contributed by atoms with Crippen molar-refractivity contribution in [2.45, 2.75) is 20.3 Å². The van der Waals surface area contributed by atoms with Crippen LogP contribution in [0.25, 0.3) is 0 Å². The molecule has 0 bridgehead atoms. The van der Waals surface area contributed by atoms with Gasteiger partial charge >= 0.3 is 5.97 Å². The Balaban J connectivity index is 2.71. The summed E-state index contributed by atoms with van der Waals surface area (Å²) in [5, 5.41) is 11.8. The van der Waals surface area contributed by atoms with Crippen LogP contribution in [0.15, 0.2) is 6.07 Å². The third-order valence-corrected chi connectivity index (χ3v) is 1.79. The average Bonchev–Trinajstić information content (AvgIpc) is 2.23. The molecule has 1 rings (SSSR count). The molecule has 0 unspecified atom stereocenters. The van der Waals surface area contributed by atoms with Gasteiger partial charge in [0.25, 0.3) is 0 Å².